The molecule has 0 radical (unpaired) electrons. The molecule has 154 valence electrons. The fourth-order valence-electron chi connectivity index (χ4n) is 4.32. The van der Waals surface area contributed by atoms with Crippen LogP contribution < -0.4 is 4.90 Å². The predicted octanol–water partition coefficient (Wildman–Crippen LogP) is 6.29. The maximum Gasteiger partial charge on any atom is 0.255 e. The minimum Gasteiger partial charge on any atom is -0.339 e. The molecule has 0 unspecified atom stereocenters. The number of rotatable bonds is 6. The highest BCUT2D eigenvalue weighted by Gasteiger charge is 2.28. The first-order valence-electron chi connectivity index (χ1n) is 11.0. The van der Waals surface area contributed by atoms with E-state index in [1.165, 1.54) is 31.2 Å². The summed E-state index contributed by atoms with van der Waals surface area (Å²) >= 11 is 3.53. The van der Waals surface area contributed by atoms with E-state index in [0.717, 1.165) is 60.4 Å². The van der Waals surface area contributed by atoms with E-state index in [-0.39, 0.29) is 5.91 Å². The van der Waals surface area contributed by atoms with Crippen LogP contribution in [0, 0.1) is 0 Å². The van der Waals surface area contributed by atoms with Crippen LogP contribution in [0.15, 0.2) is 41.0 Å². The lowest BCUT2D eigenvalue weighted by Gasteiger charge is -2.33. The number of aromatic nitrogens is 1. The summed E-state index contributed by atoms with van der Waals surface area (Å²) in [5.41, 5.74) is 3.15. The van der Waals surface area contributed by atoms with Gasteiger partial charge in [-0.2, -0.15) is 0 Å². The Morgan fingerprint density at radius 2 is 1.86 bits per heavy atom. The van der Waals surface area contributed by atoms with Crippen LogP contribution in [0.2, 0.25) is 0 Å². The molecule has 5 heteroatoms. The summed E-state index contributed by atoms with van der Waals surface area (Å²) in [6.45, 7) is 4.86. The number of amides is 1. The molecule has 2 fully saturated rings. The molecule has 2 heterocycles. The van der Waals surface area contributed by atoms with Crippen molar-refractivity contribution in [3.8, 4) is 0 Å². The molecule has 2 aliphatic rings. The normalized spacial score (nSPS) is 17.1. The summed E-state index contributed by atoms with van der Waals surface area (Å²) in [4.78, 5) is 22.3. The van der Waals surface area contributed by atoms with Crippen LogP contribution in [0.1, 0.15) is 73.7 Å². The third-order valence-corrected chi connectivity index (χ3v) is 6.70. The van der Waals surface area contributed by atoms with Gasteiger partial charge < -0.3 is 9.80 Å². The van der Waals surface area contributed by atoms with Crippen molar-refractivity contribution >= 4 is 33.3 Å². The molecule has 4 nitrogen and oxygen atoms in total. The highest BCUT2D eigenvalue weighted by Crippen LogP contribution is 2.42. The predicted molar refractivity (Wildman–Crippen MR) is 122 cm³/mol. The molecule has 1 aliphatic heterocycles. The van der Waals surface area contributed by atoms with Gasteiger partial charge in [0.15, 0.2) is 0 Å². The number of hydrogen-bond acceptors (Lipinski definition) is 3. The zero-order valence-corrected chi connectivity index (χ0v) is 18.8. The van der Waals surface area contributed by atoms with Crippen molar-refractivity contribution in [3.63, 3.8) is 0 Å². The minimum absolute atomic E-state index is 0.148. The second-order valence-electron chi connectivity index (χ2n) is 8.25. The van der Waals surface area contributed by atoms with Gasteiger partial charge in [0.2, 0.25) is 0 Å². The van der Waals surface area contributed by atoms with E-state index in [2.05, 4.69) is 58.1 Å². The topological polar surface area (TPSA) is 36.4 Å². The van der Waals surface area contributed by atoms with E-state index >= 15 is 0 Å². The van der Waals surface area contributed by atoms with Gasteiger partial charge in [0, 0.05) is 36.0 Å². The van der Waals surface area contributed by atoms with Gasteiger partial charge in [-0.15, -0.1) is 0 Å². The maximum absolute atomic E-state index is 13.1. The lowest BCUT2D eigenvalue weighted by Crippen LogP contribution is -2.36. The number of anilines is 2. The molecule has 0 N–H and O–H groups in total. The van der Waals surface area contributed by atoms with Crippen LogP contribution >= 0.6 is 15.9 Å². The first-order valence-corrected chi connectivity index (χ1v) is 11.8. The quantitative estimate of drug-likeness (QED) is 0.513. The van der Waals surface area contributed by atoms with Crippen LogP contribution in [0.5, 0.6) is 0 Å². The third-order valence-electron chi connectivity index (χ3n) is 6.17. The zero-order valence-electron chi connectivity index (χ0n) is 17.2. The molecule has 1 saturated carbocycles. The average molecular weight is 456 g/mol. The number of nitrogens with zero attached hydrogens (tertiary/aromatic N) is 3. The van der Waals surface area contributed by atoms with Gasteiger partial charge in [0.1, 0.15) is 5.82 Å². The van der Waals surface area contributed by atoms with Crippen molar-refractivity contribution in [2.75, 3.05) is 24.5 Å². The average Bonchev–Trinajstić information content (AvgIpc) is 2.72. The molecule has 1 aromatic carbocycles. The summed E-state index contributed by atoms with van der Waals surface area (Å²) in [5, 5.41) is 0. The Hall–Kier alpha value is -1.88. The van der Waals surface area contributed by atoms with Gasteiger partial charge in [-0.25, -0.2) is 4.98 Å². The van der Waals surface area contributed by atoms with Crippen molar-refractivity contribution in [1.82, 2.24) is 9.88 Å². The second kappa shape index (κ2) is 9.29. The number of hydrogen-bond donors (Lipinski definition) is 0. The summed E-state index contributed by atoms with van der Waals surface area (Å²) < 4.78 is 1.08. The Kier molecular flexibility index (Phi) is 6.53. The number of likely N-dealkylation sites (tertiary alicyclic amines) is 1. The molecule has 0 atom stereocenters. The van der Waals surface area contributed by atoms with Crippen LogP contribution in [-0.2, 0) is 0 Å². The van der Waals surface area contributed by atoms with Crippen molar-refractivity contribution < 1.29 is 4.79 Å². The molecule has 2 aromatic rings. The Balaban J connectivity index is 1.69. The van der Waals surface area contributed by atoms with Crippen molar-refractivity contribution in [1.29, 1.82) is 0 Å². The molecular formula is C24H30BrN3O. The zero-order chi connectivity index (χ0) is 20.2. The summed E-state index contributed by atoms with van der Waals surface area (Å²) in [6, 6.07) is 10.6. The molecule has 1 amide bonds. The molecule has 1 aromatic heterocycles. The maximum atomic E-state index is 13.1. The van der Waals surface area contributed by atoms with E-state index in [0.29, 0.717) is 5.92 Å². The summed E-state index contributed by atoms with van der Waals surface area (Å²) in [6.07, 6.45) is 9.94. The molecular weight excluding hydrogens is 426 g/mol. The van der Waals surface area contributed by atoms with E-state index < -0.39 is 0 Å². The first-order chi connectivity index (χ1) is 14.2. The first kappa shape index (κ1) is 20.4. The van der Waals surface area contributed by atoms with Crippen LogP contribution in [0.3, 0.4) is 0 Å². The Labute approximate surface area is 182 Å². The standard InChI is InChI=1S/C24H30BrN3O/c1-2-13-28(21-11-9-20(25)10-12-21)23-22(18-7-6-8-18)16-19(17-26-23)24(29)27-14-4-3-5-15-27/h9-12,16-18H,2-8,13-15H2,1H3. The highest BCUT2D eigenvalue weighted by molar-refractivity contribution is 9.10. The van der Waals surface area contributed by atoms with Gasteiger partial charge in [-0.1, -0.05) is 29.3 Å². The molecule has 0 bridgehead atoms. The molecule has 4 rings (SSSR count). The van der Waals surface area contributed by atoms with Crippen LogP contribution in [-0.4, -0.2) is 35.4 Å². The second-order valence-corrected chi connectivity index (χ2v) is 9.16. The number of halogens is 1. The Bertz CT molecular complexity index is 842. The summed E-state index contributed by atoms with van der Waals surface area (Å²) in [7, 11) is 0. The van der Waals surface area contributed by atoms with Crippen LogP contribution in [0.25, 0.3) is 0 Å². The molecule has 1 aliphatic carbocycles. The fraction of sp³-hybridized carbons (Fsp3) is 0.500. The van der Waals surface area contributed by atoms with Gasteiger partial charge in [-0.3, -0.25) is 4.79 Å². The Morgan fingerprint density at radius 3 is 2.48 bits per heavy atom. The lowest BCUT2D eigenvalue weighted by molar-refractivity contribution is 0.0723. The van der Waals surface area contributed by atoms with E-state index in [1.807, 2.05) is 4.90 Å². The van der Waals surface area contributed by atoms with Crippen molar-refractivity contribution in [2.24, 2.45) is 0 Å². The number of carbonyl (C=O) groups is 1. The van der Waals surface area contributed by atoms with Crippen molar-refractivity contribution in [2.45, 2.75) is 57.8 Å². The number of carbonyl (C=O) groups excluding carboxylic acids is 1. The lowest BCUT2D eigenvalue weighted by atomic mass is 9.79. The molecule has 0 spiro atoms. The number of benzene rings is 1. The summed E-state index contributed by atoms with van der Waals surface area (Å²) in [5.74, 6) is 1.69. The minimum atomic E-state index is 0.148. The van der Waals surface area contributed by atoms with E-state index in [4.69, 9.17) is 4.98 Å². The number of piperidine rings is 1. The van der Waals surface area contributed by atoms with Gasteiger partial charge in [0.25, 0.3) is 5.91 Å². The molecule has 1 saturated heterocycles. The highest BCUT2D eigenvalue weighted by atomic mass is 79.9. The third kappa shape index (κ3) is 4.50. The van der Waals surface area contributed by atoms with Crippen LogP contribution in [0.4, 0.5) is 11.5 Å². The van der Waals surface area contributed by atoms with Crippen molar-refractivity contribution in [3.05, 3.63) is 52.1 Å². The van der Waals surface area contributed by atoms with Gasteiger partial charge in [0.05, 0.1) is 5.56 Å². The smallest absolute Gasteiger partial charge is 0.255 e. The van der Waals surface area contributed by atoms with Gasteiger partial charge >= 0.3 is 0 Å². The largest absolute Gasteiger partial charge is 0.339 e. The van der Waals surface area contributed by atoms with Gasteiger partial charge in [-0.05, 0) is 80.3 Å². The fourth-order valence-corrected chi connectivity index (χ4v) is 4.58. The monoisotopic (exact) mass is 455 g/mol. The Morgan fingerprint density at radius 1 is 1.14 bits per heavy atom. The molecule has 29 heavy (non-hydrogen) atoms. The van der Waals surface area contributed by atoms with E-state index in [9.17, 15) is 4.79 Å². The number of pyridine rings is 1. The SMILES string of the molecule is CCCN(c1ccc(Br)cc1)c1ncc(C(=O)N2CCCCC2)cc1C1CCC1. The van der Waals surface area contributed by atoms with E-state index in [1.54, 1.807) is 6.20 Å².